The molecule has 6 nitrogen and oxygen atoms in total. The Labute approximate surface area is 168 Å². The number of benzene rings is 2. The number of rotatable bonds is 3. The van der Waals surface area contributed by atoms with Crippen LogP contribution in [-0.4, -0.2) is 20.1 Å². The molecule has 5 aromatic rings. The monoisotopic (exact) mass is 403 g/mol. The number of halogens is 1. The fourth-order valence-corrected chi connectivity index (χ4v) is 4.13. The highest BCUT2D eigenvalue weighted by Crippen LogP contribution is 2.40. The summed E-state index contributed by atoms with van der Waals surface area (Å²) in [6, 6.07) is 12.3. The van der Waals surface area contributed by atoms with Crippen LogP contribution in [-0.2, 0) is 0 Å². The van der Waals surface area contributed by atoms with Crippen molar-refractivity contribution >= 4 is 44.0 Å². The van der Waals surface area contributed by atoms with Gasteiger partial charge < -0.3 is 10.1 Å². The molecule has 29 heavy (non-hydrogen) atoms. The third kappa shape index (κ3) is 3.03. The molecule has 0 aliphatic carbocycles. The molecule has 0 aliphatic rings. The molecule has 0 fully saturated rings. The Morgan fingerprint density at radius 2 is 1.90 bits per heavy atom. The molecule has 0 aliphatic heterocycles. The summed E-state index contributed by atoms with van der Waals surface area (Å²) in [5, 5.41) is 22.1. The molecular formula is C21H14FN5OS. The van der Waals surface area contributed by atoms with E-state index in [9.17, 15) is 9.50 Å². The molecule has 0 saturated heterocycles. The maximum Gasteiger partial charge on any atom is 0.218 e. The molecule has 3 heterocycles. The van der Waals surface area contributed by atoms with E-state index in [1.165, 1.54) is 35.4 Å². The van der Waals surface area contributed by atoms with Crippen molar-refractivity contribution in [3.05, 3.63) is 65.6 Å². The van der Waals surface area contributed by atoms with E-state index >= 15 is 0 Å². The second kappa shape index (κ2) is 6.75. The van der Waals surface area contributed by atoms with Crippen molar-refractivity contribution in [2.24, 2.45) is 10.2 Å². The first-order valence-electron chi connectivity index (χ1n) is 8.81. The first-order chi connectivity index (χ1) is 14.1. The predicted octanol–water partition coefficient (Wildman–Crippen LogP) is 6.41. The van der Waals surface area contributed by atoms with Gasteiger partial charge in [0.2, 0.25) is 5.88 Å². The maximum absolute atomic E-state index is 13.4. The average molecular weight is 403 g/mol. The lowest BCUT2D eigenvalue weighted by molar-refractivity contribution is 0.459. The summed E-state index contributed by atoms with van der Waals surface area (Å²) in [7, 11) is 0. The number of aromatic hydroxyl groups is 1. The Morgan fingerprint density at radius 1 is 1.07 bits per heavy atom. The lowest BCUT2D eigenvalue weighted by atomic mass is 10.0. The van der Waals surface area contributed by atoms with Crippen LogP contribution in [0.15, 0.2) is 64.4 Å². The lowest BCUT2D eigenvalue weighted by Gasteiger charge is -2.02. The van der Waals surface area contributed by atoms with Crippen molar-refractivity contribution in [3.63, 3.8) is 0 Å². The van der Waals surface area contributed by atoms with E-state index < -0.39 is 5.82 Å². The normalized spacial score (nSPS) is 11.8. The Bertz CT molecular complexity index is 1390. The summed E-state index contributed by atoms with van der Waals surface area (Å²) in [5.41, 5.74) is 3.87. The Morgan fingerprint density at radius 3 is 2.72 bits per heavy atom. The SMILES string of the molecule is Cc1ccc(-c2csc3ncnc(N=Nc4c(O)[nH]c5cc(F)ccc45)c23)cc1. The van der Waals surface area contributed by atoms with Gasteiger partial charge in [0.15, 0.2) is 11.5 Å². The smallest absolute Gasteiger partial charge is 0.218 e. The first-order valence-corrected chi connectivity index (χ1v) is 9.69. The maximum atomic E-state index is 13.4. The number of H-pyrrole nitrogens is 1. The summed E-state index contributed by atoms with van der Waals surface area (Å²) in [4.78, 5) is 12.1. The fourth-order valence-electron chi connectivity index (χ4n) is 3.22. The van der Waals surface area contributed by atoms with E-state index in [1.807, 2.05) is 36.6 Å². The highest BCUT2D eigenvalue weighted by Gasteiger charge is 2.15. The highest BCUT2D eigenvalue weighted by atomic mass is 32.1. The Kier molecular flexibility index (Phi) is 4.06. The third-order valence-corrected chi connectivity index (χ3v) is 5.56. The number of fused-ring (bicyclic) bond motifs is 2. The molecule has 0 unspecified atom stereocenters. The fraction of sp³-hybridized carbons (Fsp3) is 0.0476. The lowest BCUT2D eigenvalue weighted by Crippen LogP contribution is -1.82. The van der Waals surface area contributed by atoms with E-state index in [-0.39, 0.29) is 11.6 Å². The summed E-state index contributed by atoms with van der Waals surface area (Å²) in [6.07, 6.45) is 1.44. The number of nitrogens with one attached hydrogen (secondary N) is 1. The minimum atomic E-state index is -0.402. The number of aromatic amines is 1. The van der Waals surface area contributed by atoms with Crippen LogP contribution >= 0.6 is 11.3 Å². The van der Waals surface area contributed by atoms with Crippen LogP contribution in [0, 0.1) is 12.7 Å². The molecule has 5 rings (SSSR count). The Hall–Kier alpha value is -3.65. The number of aromatic nitrogens is 3. The third-order valence-electron chi connectivity index (χ3n) is 4.67. The predicted molar refractivity (Wildman–Crippen MR) is 112 cm³/mol. The van der Waals surface area contributed by atoms with Crippen LogP contribution in [0.1, 0.15) is 5.56 Å². The number of nitrogens with zero attached hydrogens (tertiary/aromatic N) is 4. The molecule has 0 radical (unpaired) electrons. The summed E-state index contributed by atoms with van der Waals surface area (Å²) in [6.45, 7) is 2.04. The molecule has 0 saturated carbocycles. The minimum Gasteiger partial charge on any atom is -0.493 e. The van der Waals surface area contributed by atoms with Gasteiger partial charge in [0.05, 0.1) is 10.9 Å². The molecular weight excluding hydrogens is 389 g/mol. The van der Waals surface area contributed by atoms with Gasteiger partial charge in [-0.3, -0.25) is 0 Å². The summed E-state index contributed by atoms with van der Waals surface area (Å²) in [5.74, 6) is -0.174. The van der Waals surface area contributed by atoms with E-state index in [2.05, 4.69) is 25.2 Å². The zero-order valence-electron chi connectivity index (χ0n) is 15.2. The van der Waals surface area contributed by atoms with E-state index in [0.717, 1.165) is 21.3 Å². The van der Waals surface area contributed by atoms with Crippen molar-refractivity contribution in [2.45, 2.75) is 6.92 Å². The van der Waals surface area contributed by atoms with Gasteiger partial charge >= 0.3 is 0 Å². The molecule has 0 amide bonds. The largest absolute Gasteiger partial charge is 0.493 e. The molecule has 8 heteroatoms. The number of hydrogen-bond acceptors (Lipinski definition) is 6. The molecule has 0 spiro atoms. The molecule has 0 bridgehead atoms. The van der Waals surface area contributed by atoms with Gasteiger partial charge in [-0.05, 0) is 30.7 Å². The van der Waals surface area contributed by atoms with Gasteiger partial charge in [-0.2, -0.15) is 0 Å². The van der Waals surface area contributed by atoms with Crippen molar-refractivity contribution in [1.29, 1.82) is 0 Å². The minimum absolute atomic E-state index is 0.177. The zero-order chi connectivity index (χ0) is 20.0. The molecule has 142 valence electrons. The molecule has 0 atom stereocenters. The Balaban J connectivity index is 1.64. The molecule has 2 N–H and O–H groups in total. The summed E-state index contributed by atoms with van der Waals surface area (Å²) < 4.78 is 13.4. The van der Waals surface area contributed by atoms with Crippen LogP contribution in [0.3, 0.4) is 0 Å². The second-order valence-corrected chi connectivity index (χ2v) is 7.46. The number of aryl methyl sites for hydroxylation is 1. The van der Waals surface area contributed by atoms with Crippen molar-refractivity contribution in [1.82, 2.24) is 15.0 Å². The van der Waals surface area contributed by atoms with Crippen LogP contribution in [0.4, 0.5) is 15.9 Å². The highest BCUT2D eigenvalue weighted by molar-refractivity contribution is 7.17. The van der Waals surface area contributed by atoms with Gasteiger partial charge in [0, 0.05) is 16.3 Å². The first kappa shape index (κ1) is 17.4. The molecule has 2 aromatic carbocycles. The van der Waals surface area contributed by atoms with Gasteiger partial charge in [-0.25, -0.2) is 14.4 Å². The van der Waals surface area contributed by atoms with Crippen LogP contribution < -0.4 is 0 Å². The zero-order valence-corrected chi connectivity index (χ0v) is 16.0. The van der Waals surface area contributed by atoms with E-state index in [1.54, 1.807) is 6.07 Å². The van der Waals surface area contributed by atoms with E-state index in [0.29, 0.717) is 16.7 Å². The quantitative estimate of drug-likeness (QED) is 0.341. The number of hydrogen-bond donors (Lipinski definition) is 2. The summed E-state index contributed by atoms with van der Waals surface area (Å²) >= 11 is 1.51. The van der Waals surface area contributed by atoms with Crippen LogP contribution in [0.25, 0.3) is 32.2 Å². The van der Waals surface area contributed by atoms with Crippen LogP contribution in [0.5, 0.6) is 5.88 Å². The van der Waals surface area contributed by atoms with Gasteiger partial charge in [-0.1, -0.05) is 29.8 Å². The number of thiophene rings is 1. The standard InChI is InChI=1S/C21H14FN5OS/c1-11-2-4-12(5-3-11)15-9-29-21-17(15)19(23-10-24-21)27-26-18-14-7-6-13(22)8-16(14)25-20(18)28/h2-10,25,28H,1H3. The van der Waals surface area contributed by atoms with E-state index in [4.69, 9.17) is 0 Å². The van der Waals surface area contributed by atoms with Crippen LogP contribution in [0.2, 0.25) is 0 Å². The number of azo groups is 1. The average Bonchev–Trinajstić information content (AvgIpc) is 3.27. The van der Waals surface area contributed by atoms with Gasteiger partial charge in [0.1, 0.15) is 17.0 Å². The van der Waals surface area contributed by atoms with Gasteiger partial charge in [-0.15, -0.1) is 21.6 Å². The van der Waals surface area contributed by atoms with Crippen molar-refractivity contribution < 1.29 is 9.50 Å². The van der Waals surface area contributed by atoms with Crippen molar-refractivity contribution in [2.75, 3.05) is 0 Å². The topological polar surface area (TPSA) is 86.5 Å². The second-order valence-electron chi connectivity index (χ2n) is 6.60. The van der Waals surface area contributed by atoms with Gasteiger partial charge in [0.25, 0.3) is 0 Å². The van der Waals surface area contributed by atoms with Crippen molar-refractivity contribution in [3.8, 4) is 17.0 Å². The molecule has 3 aromatic heterocycles.